The Morgan fingerprint density at radius 3 is 2.38 bits per heavy atom. The Morgan fingerprint density at radius 2 is 1.76 bits per heavy atom. The van der Waals surface area contributed by atoms with Crippen LogP contribution in [0, 0.1) is 0 Å². The number of aliphatic hydroxyl groups is 7. The van der Waals surface area contributed by atoms with Crippen LogP contribution in [0.1, 0.15) is 26.2 Å². The Kier molecular flexibility index (Phi) is 13.8. The molecule has 0 aromatic heterocycles. The standard InChI is InChI=1S/C26H51N7O12/c1-26(41)9-42-25(18(39)21(26)31-2)45-20-13(33-23(40)16(37)14(35)6-27)5-12(29)19(17(20)38)44-24-11(28)4-3-10(43-24)7-32-22(30)15(36)8-34/h10-21,24-25,31,34-39,41H,3-9,27-29H2,1-2H3,(H2,30,32)(H,33,40). The monoisotopic (exact) mass is 653 g/mol. The summed E-state index contributed by atoms with van der Waals surface area (Å²) in [4.78, 5) is 16.8. The van der Waals surface area contributed by atoms with Crippen LogP contribution in [0.25, 0.3) is 0 Å². The van der Waals surface area contributed by atoms with Crippen LogP contribution in [0.3, 0.4) is 0 Å². The van der Waals surface area contributed by atoms with Crippen molar-refractivity contribution in [2.24, 2.45) is 27.9 Å². The minimum Gasteiger partial charge on any atom is -0.393 e. The van der Waals surface area contributed by atoms with Gasteiger partial charge in [0.05, 0.1) is 44.0 Å². The van der Waals surface area contributed by atoms with E-state index in [0.29, 0.717) is 12.8 Å². The maximum absolute atomic E-state index is 12.8. The minimum absolute atomic E-state index is 0.0406. The van der Waals surface area contributed by atoms with Gasteiger partial charge in [0.1, 0.15) is 48.1 Å². The molecule has 0 aromatic carbocycles. The molecule has 0 bridgehead atoms. The zero-order chi connectivity index (χ0) is 33.6. The van der Waals surface area contributed by atoms with Crippen LogP contribution in [-0.2, 0) is 23.7 Å². The Morgan fingerprint density at radius 1 is 1.09 bits per heavy atom. The van der Waals surface area contributed by atoms with Gasteiger partial charge in [0.2, 0.25) is 0 Å². The fourth-order valence-electron chi connectivity index (χ4n) is 5.73. The van der Waals surface area contributed by atoms with Crippen LogP contribution >= 0.6 is 0 Å². The molecule has 15 atom stereocenters. The number of carbonyl (C=O) groups is 1. The zero-order valence-electron chi connectivity index (χ0n) is 25.5. The molecule has 19 heteroatoms. The Bertz CT molecular complexity index is 983. The largest absolute Gasteiger partial charge is 0.393 e. The topological polar surface area (TPSA) is 336 Å². The van der Waals surface area contributed by atoms with Crippen LogP contribution in [0.2, 0.25) is 0 Å². The van der Waals surface area contributed by atoms with Gasteiger partial charge < -0.3 is 88.3 Å². The first-order valence-electron chi connectivity index (χ1n) is 14.9. The Balaban J connectivity index is 1.80. The summed E-state index contributed by atoms with van der Waals surface area (Å²) in [6, 6.07) is -3.52. The second-order valence-corrected chi connectivity index (χ2v) is 12.1. The molecule has 0 aromatic rings. The van der Waals surface area contributed by atoms with E-state index >= 15 is 0 Å². The lowest BCUT2D eigenvalue weighted by Crippen LogP contribution is -2.69. The van der Waals surface area contributed by atoms with E-state index in [-0.39, 0.29) is 25.4 Å². The van der Waals surface area contributed by atoms with Crippen molar-refractivity contribution in [3.05, 3.63) is 0 Å². The third-order valence-electron chi connectivity index (χ3n) is 8.43. The Labute approximate surface area is 260 Å². The molecule has 1 aliphatic carbocycles. The van der Waals surface area contributed by atoms with Crippen molar-refractivity contribution < 1.29 is 59.5 Å². The predicted molar refractivity (Wildman–Crippen MR) is 156 cm³/mol. The van der Waals surface area contributed by atoms with Gasteiger partial charge >= 0.3 is 0 Å². The van der Waals surface area contributed by atoms with E-state index in [9.17, 15) is 35.4 Å². The maximum Gasteiger partial charge on any atom is 0.251 e. The maximum atomic E-state index is 12.8. The van der Waals surface area contributed by atoms with E-state index in [1.807, 2.05) is 0 Å². The van der Waals surface area contributed by atoms with Gasteiger partial charge in [0.15, 0.2) is 18.7 Å². The zero-order valence-corrected chi connectivity index (χ0v) is 25.5. The molecule has 262 valence electrons. The second kappa shape index (κ2) is 16.4. The van der Waals surface area contributed by atoms with Gasteiger partial charge in [-0.05, 0) is 33.2 Å². The number of rotatable bonds is 13. The summed E-state index contributed by atoms with van der Waals surface area (Å²) in [5.74, 6) is -1.16. The molecule has 2 aliphatic heterocycles. The summed E-state index contributed by atoms with van der Waals surface area (Å²) in [7, 11) is 1.53. The van der Waals surface area contributed by atoms with Gasteiger partial charge in [-0.3, -0.25) is 9.79 Å². The molecule has 1 saturated carbocycles. The average Bonchev–Trinajstić information content (AvgIpc) is 3.00. The van der Waals surface area contributed by atoms with E-state index in [2.05, 4.69) is 15.6 Å². The van der Waals surface area contributed by atoms with Gasteiger partial charge in [0, 0.05) is 12.6 Å². The van der Waals surface area contributed by atoms with Crippen molar-refractivity contribution in [2.75, 3.05) is 33.4 Å². The lowest BCUT2D eigenvalue weighted by molar-refractivity contribution is -0.307. The van der Waals surface area contributed by atoms with Gasteiger partial charge in [-0.25, -0.2) is 0 Å². The molecule has 0 spiro atoms. The highest BCUT2D eigenvalue weighted by Gasteiger charge is 2.52. The first-order valence-corrected chi connectivity index (χ1v) is 14.9. The molecule has 3 fully saturated rings. The molecule has 0 radical (unpaired) electrons. The van der Waals surface area contributed by atoms with Gasteiger partial charge in [-0.1, -0.05) is 0 Å². The fraction of sp³-hybridized carbons (Fsp3) is 0.923. The van der Waals surface area contributed by atoms with E-state index in [1.54, 1.807) is 0 Å². The molecule has 19 nitrogen and oxygen atoms in total. The van der Waals surface area contributed by atoms with Crippen molar-refractivity contribution in [2.45, 2.75) is 117 Å². The van der Waals surface area contributed by atoms with E-state index in [1.165, 1.54) is 14.0 Å². The minimum atomic E-state index is -1.89. The van der Waals surface area contributed by atoms with Crippen molar-refractivity contribution in [3.8, 4) is 0 Å². The summed E-state index contributed by atoms with van der Waals surface area (Å²) in [6.45, 7) is 0.278. The molecule has 45 heavy (non-hydrogen) atoms. The number of nitrogens with zero attached hydrogens (tertiary/aromatic N) is 1. The third-order valence-corrected chi connectivity index (χ3v) is 8.43. The fourth-order valence-corrected chi connectivity index (χ4v) is 5.73. The lowest BCUT2D eigenvalue weighted by atomic mass is 9.83. The number of amides is 1. The van der Waals surface area contributed by atoms with Crippen LogP contribution < -0.4 is 33.6 Å². The highest BCUT2D eigenvalue weighted by atomic mass is 16.7. The quantitative estimate of drug-likeness (QED) is 0.0648. The number of aliphatic hydroxyl groups excluding tert-OH is 6. The summed E-state index contributed by atoms with van der Waals surface area (Å²) < 4.78 is 23.7. The smallest absolute Gasteiger partial charge is 0.251 e. The summed E-state index contributed by atoms with van der Waals surface area (Å²) in [5, 5.41) is 77.3. The number of carbonyl (C=O) groups excluding carboxylic acids is 1. The van der Waals surface area contributed by atoms with Crippen LogP contribution in [0.15, 0.2) is 4.99 Å². The molecule has 3 rings (SSSR count). The molecular formula is C26H51N7O12. The highest BCUT2D eigenvalue weighted by Crippen LogP contribution is 2.32. The third kappa shape index (κ3) is 9.24. The highest BCUT2D eigenvalue weighted by molar-refractivity contribution is 5.84. The van der Waals surface area contributed by atoms with Gasteiger partial charge in [0.25, 0.3) is 5.91 Å². The SMILES string of the molecule is CNC1C(O)C(OC2C(NC(=O)C(O)C(O)CN)CC(N)C(OC3OC(CN=C(N)C(O)CO)CCC3N)C2O)OCC1(C)O. The molecule has 17 N–H and O–H groups in total. The number of nitrogens with one attached hydrogen (secondary N) is 2. The lowest BCUT2D eigenvalue weighted by Gasteiger charge is -2.49. The molecule has 1 amide bonds. The number of nitrogens with two attached hydrogens (primary N) is 4. The molecule has 2 heterocycles. The van der Waals surface area contributed by atoms with E-state index in [0.717, 1.165) is 0 Å². The number of ether oxygens (including phenoxy) is 4. The van der Waals surface area contributed by atoms with Crippen LogP contribution in [-0.4, -0.2) is 172 Å². The van der Waals surface area contributed by atoms with Crippen molar-refractivity contribution in [3.63, 3.8) is 0 Å². The normalized spacial score (nSPS) is 41.7. The molecule has 2 saturated heterocycles. The number of likely N-dealkylation sites (N-methyl/N-ethyl adjacent to an activating group) is 1. The van der Waals surface area contributed by atoms with Gasteiger partial charge in [-0.2, -0.15) is 0 Å². The van der Waals surface area contributed by atoms with Crippen LogP contribution in [0.4, 0.5) is 0 Å². The number of hydrogen-bond acceptors (Lipinski definition) is 17. The van der Waals surface area contributed by atoms with E-state index < -0.39 is 110 Å². The summed E-state index contributed by atoms with van der Waals surface area (Å²) >= 11 is 0. The number of hydrogen-bond donors (Lipinski definition) is 13. The summed E-state index contributed by atoms with van der Waals surface area (Å²) in [6.07, 6.45) is -12.4. The molecular weight excluding hydrogens is 602 g/mol. The first-order chi connectivity index (χ1) is 21.1. The predicted octanol–water partition coefficient (Wildman–Crippen LogP) is -7.39. The number of aliphatic imine (C=N–C) groups is 1. The summed E-state index contributed by atoms with van der Waals surface area (Å²) in [5.41, 5.74) is 22.2. The molecule has 15 unspecified atom stereocenters. The Hall–Kier alpha value is -1.66. The van der Waals surface area contributed by atoms with E-state index in [4.69, 9.17) is 47.0 Å². The van der Waals surface area contributed by atoms with Gasteiger partial charge in [-0.15, -0.1) is 0 Å². The molecule has 3 aliphatic rings. The van der Waals surface area contributed by atoms with Crippen molar-refractivity contribution in [1.82, 2.24) is 10.6 Å². The first kappa shape index (κ1) is 37.8. The number of amidine groups is 1. The second-order valence-electron chi connectivity index (χ2n) is 12.1. The van der Waals surface area contributed by atoms with Crippen molar-refractivity contribution >= 4 is 11.7 Å². The van der Waals surface area contributed by atoms with Crippen molar-refractivity contribution in [1.29, 1.82) is 0 Å². The van der Waals surface area contributed by atoms with Crippen LogP contribution in [0.5, 0.6) is 0 Å². The average molecular weight is 654 g/mol.